The quantitative estimate of drug-likeness (QED) is 0.823. The van der Waals surface area contributed by atoms with Crippen molar-refractivity contribution in [3.63, 3.8) is 0 Å². The zero-order chi connectivity index (χ0) is 15.4. The van der Waals surface area contributed by atoms with Gasteiger partial charge in [-0.1, -0.05) is 0 Å². The first-order valence-corrected chi connectivity index (χ1v) is 7.54. The third kappa shape index (κ3) is 3.70. The second-order valence-electron chi connectivity index (χ2n) is 5.69. The Kier molecular flexibility index (Phi) is 4.47. The molecule has 0 saturated carbocycles. The second-order valence-corrected chi connectivity index (χ2v) is 5.69. The third-order valence-electron chi connectivity index (χ3n) is 3.75. The normalized spacial score (nSPS) is 18.5. The molecular weight excluding hydrogens is 280 g/mol. The zero-order valence-corrected chi connectivity index (χ0v) is 13.1. The van der Waals surface area contributed by atoms with Gasteiger partial charge in [-0.2, -0.15) is 20.0 Å². The summed E-state index contributed by atoms with van der Waals surface area (Å²) in [5.41, 5.74) is 0. The van der Waals surface area contributed by atoms with Crippen LogP contribution in [-0.2, 0) is 6.54 Å². The van der Waals surface area contributed by atoms with Crippen molar-refractivity contribution in [2.75, 3.05) is 43.9 Å². The van der Waals surface area contributed by atoms with Crippen LogP contribution in [0.1, 0.15) is 6.42 Å². The zero-order valence-electron chi connectivity index (χ0n) is 13.1. The number of hydrogen-bond acceptors (Lipinski definition) is 7. The highest BCUT2D eigenvalue weighted by Crippen LogP contribution is 2.15. The molecule has 1 unspecified atom stereocenters. The molecule has 1 aliphatic heterocycles. The van der Waals surface area contributed by atoms with E-state index in [0.717, 1.165) is 44.4 Å². The van der Waals surface area contributed by atoms with Gasteiger partial charge < -0.3 is 10.2 Å². The summed E-state index contributed by atoms with van der Waals surface area (Å²) in [7, 11) is 3.89. The summed E-state index contributed by atoms with van der Waals surface area (Å²) in [6.45, 7) is 3.91. The van der Waals surface area contributed by atoms with Crippen LogP contribution >= 0.6 is 0 Å². The smallest absolute Gasteiger partial charge is 0.226 e. The minimum Gasteiger partial charge on any atom is -0.366 e. The molecule has 118 valence electrons. The van der Waals surface area contributed by atoms with E-state index in [1.807, 2.05) is 25.1 Å². The summed E-state index contributed by atoms with van der Waals surface area (Å²) in [5, 5.41) is 11.8. The fourth-order valence-electron chi connectivity index (χ4n) is 2.60. The van der Waals surface area contributed by atoms with Crippen LogP contribution in [0.15, 0.2) is 24.7 Å². The van der Waals surface area contributed by atoms with Crippen molar-refractivity contribution in [2.24, 2.45) is 0 Å². The van der Waals surface area contributed by atoms with Gasteiger partial charge in [0.25, 0.3) is 0 Å². The summed E-state index contributed by atoms with van der Waals surface area (Å²) in [5.74, 6) is 1.61. The Labute approximate surface area is 130 Å². The Bertz CT molecular complexity index is 582. The van der Waals surface area contributed by atoms with E-state index in [9.17, 15) is 0 Å². The summed E-state index contributed by atoms with van der Waals surface area (Å²) < 4.78 is 0. The lowest BCUT2D eigenvalue weighted by Gasteiger charge is -2.17. The van der Waals surface area contributed by atoms with E-state index in [0.29, 0.717) is 6.04 Å². The van der Waals surface area contributed by atoms with Crippen molar-refractivity contribution < 1.29 is 0 Å². The van der Waals surface area contributed by atoms with E-state index < -0.39 is 0 Å². The average molecular weight is 302 g/mol. The topological polar surface area (TPSA) is 75.0 Å². The Hall–Kier alpha value is -2.22. The second kappa shape index (κ2) is 6.69. The number of rotatable bonds is 6. The SMILES string of the molecule is CN(C)c1nccc(NC2CCN(CCn3nccn3)C2)n1. The van der Waals surface area contributed by atoms with Crippen molar-refractivity contribution in [3.8, 4) is 0 Å². The van der Waals surface area contributed by atoms with Gasteiger partial charge in [0.1, 0.15) is 5.82 Å². The van der Waals surface area contributed by atoms with Gasteiger partial charge in [0.05, 0.1) is 18.9 Å². The first kappa shape index (κ1) is 14.7. The first-order valence-electron chi connectivity index (χ1n) is 7.54. The van der Waals surface area contributed by atoms with Crippen molar-refractivity contribution in [1.82, 2.24) is 29.9 Å². The lowest BCUT2D eigenvalue weighted by atomic mass is 10.2. The number of anilines is 2. The van der Waals surface area contributed by atoms with E-state index >= 15 is 0 Å². The van der Waals surface area contributed by atoms with Gasteiger partial charge >= 0.3 is 0 Å². The van der Waals surface area contributed by atoms with E-state index in [2.05, 4.69) is 30.4 Å². The maximum atomic E-state index is 4.51. The summed E-state index contributed by atoms with van der Waals surface area (Å²) in [4.78, 5) is 14.8. The lowest BCUT2D eigenvalue weighted by Crippen LogP contribution is -2.29. The van der Waals surface area contributed by atoms with Gasteiger partial charge in [-0.3, -0.25) is 4.90 Å². The molecule has 3 rings (SSSR count). The van der Waals surface area contributed by atoms with Crippen LogP contribution in [0.2, 0.25) is 0 Å². The maximum Gasteiger partial charge on any atom is 0.226 e. The van der Waals surface area contributed by atoms with E-state index in [-0.39, 0.29) is 0 Å². The summed E-state index contributed by atoms with van der Waals surface area (Å²) >= 11 is 0. The average Bonchev–Trinajstić information content (AvgIpc) is 3.17. The van der Waals surface area contributed by atoms with Gasteiger partial charge in [0, 0.05) is 46.0 Å². The molecule has 1 saturated heterocycles. The molecule has 0 aliphatic carbocycles. The molecule has 8 nitrogen and oxygen atoms in total. The van der Waals surface area contributed by atoms with Crippen molar-refractivity contribution in [2.45, 2.75) is 19.0 Å². The third-order valence-corrected chi connectivity index (χ3v) is 3.75. The minimum absolute atomic E-state index is 0.426. The van der Waals surface area contributed by atoms with E-state index in [1.54, 1.807) is 23.4 Å². The minimum atomic E-state index is 0.426. The number of likely N-dealkylation sites (tertiary alicyclic amines) is 1. The molecule has 22 heavy (non-hydrogen) atoms. The van der Waals surface area contributed by atoms with Gasteiger partial charge in [-0.15, -0.1) is 0 Å². The monoisotopic (exact) mass is 302 g/mol. The summed E-state index contributed by atoms with van der Waals surface area (Å²) in [6.07, 6.45) is 6.34. The van der Waals surface area contributed by atoms with Gasteiger partial charge in [0.15, 0.2) is 0 Å². The molecule has 0 amide bonds. The van der Waals surface area contributed by atoms with Gasteiger partial charge in [0.2, 0.25) is 5.95 Å². The highest BCUT2D eigenvalue weighted by molar-refractivity contribution is 5.41. The summed E-state index contributed by atoms with van der Waals surface area (Å²) in [6, 6.07) is 2.35. The number of aromatic nitrogens is 5. The molecule has 8 heteroatoms. The number of nitrogens with zero attached hydrogens (tertiary/aromatic N) is 7. The van der Waals surface area contributed by atoms with Crippen molar-refractivity contribution in [1.29, 1.82) is 0 Å². The fraction of sp³-hybridized carbons (Fsp3) is 0.571. The van der Waals surface area contributed by atoms with Crippen LogP contribution in [0.25, 0.3) is 0 Å². The number of nitrogens with one attached hydrogen (secondary N) is 1. The highest BCUT2D eigenvalue weighted by atomic mass is 15.5. The van der Waals surface area contributed by atoms with Crippen LogP contribution in [0, 0.1) is 0 Å². The highest BCUT2D eigenvalue weighted by Gasteiger charge is 2.22. The predicted molar refractivity (Wildman–Crippen MR) is 84.8 cm³/mol. The van der Waals surface area contributed by atoms with Crippen molar-refractivity contribution >= 4 is 11.8 Å². The molecule has 0 aromatic carbocycles. The largest absolute Gasteiger partial charge is 0.366 e. The standard InChI is InChI=1S/C14H22N8/c1-20(2)14-15-5-3-13(19-14)18-12-4-8-21(11-12)9-10-22-16-6-7-17-22/h3,5-7,12H,4,8-11H2,1-2H3,(H,15,18,19). The molecular formula is C14H22N8. The molecule has 2 aromatic rings. The van der Waals surface area contributed by atoms with Crippen LogP contribution < -0.4 is 10.2 Å². The Morgan fingerprint density at radius 2 is 2.05 bits per heavy atom. The molecule has 2 aromatic heterocycles. The lowest BCUT2D eigenvalue weighted by molar-refractivity contribution is 0.304. The molecule has 3 heterocycles. The van der Waals surface area contributed by atoms with Crippen LogP contribution in [0.5, 0.6) is 0 Å². The molecule has 1 N–H and O–H groups in total. The molecule has 0 radical (unpaired) electrons. The Morgan fingerprint density at radius 3 is 2.82 bits per heavy atom. The Balaban J connectivity index is 1.49. The van der Waals surface area contributed by atoms with Crippen LogP contribution in [0.3, 0.4) is 0 Å². The van der Waals surface area contributed by atoms with Crippen molar-refractivity contribution in [3.05, 3.63) is 24.7 Å². The Morgan fingerprint density at radius 1 is 1.23 bits per heavy atom. The van der Waals surface area contributed by atoms with Crippen LogP contribution in [-0.4, -0.2) is 69.6 Å². The van der Waals surface area contributed by atoms with E-state index in [1.165, 1.54) is 0 Å². The molecule has 1 atom stereocenters. The molecule has 0 spiro atoms. The van der Waals surface area contributed by atoms with E-state index in [4.69, 9.17) is 0 Å². The predicted octanol–water partition coefficient (Wildman–Crippen LogP) is 0.320. The first-order chi connectivity index (χ1) is 10.7. The fourth-order valence-corrected chi connectivity index (χ4v) is 2.60. The number of hydrogen-bond donors (Lipinski definition) is 1. The van der Waals surface area contributed by atoms with Gasteiger partial charge in [-0.25, -0.2) is 4.98 Å². The molecule has 1 aliphatic rings. The molecule has 1 fully saturated rings. The van der Waals surface area contributed by atoms with Gasteiger partial charge in [-0.05, 0) is 12.5 Å². The maximum absolute atomic E-state index is 4.51. The van der Waals surface area contributed by atoms with Crippen LogP contribution in [0.4, 0.5) is 11.8 Å². The molecule has 0 bridgehead atoms.